The third kappa shape index (κ3) is 6.45. The SMILES string of the molecule is Cl.NCc1ccc(N2C(=O)C(CC(=O)NCc3ccccc3F)C(=O)N(Cc3ccccc3)c3ccccc32)cc1. The van der Waals surface area contributed by atoms with E-state index in [4.69, 9.17) is 5.73 Å². The van der Waals surface area contributed by atoms with Gasteiger partial charge in [-0.3, -0.25) is 19.3 Å². The zero-order chi connectivity index (χ0) is 28.1. The Morgan fingerprint density at radius 2 is 1.41 bits per heavy atom. The third-order valence-corrected chi connectivity index (χ3v) is 6.93. The molecule has 41 heavy (non-hydrogen) atoms. The van der Waals surface area contributed by atoms with Crippen LogP contribution in [0.3, 0.4) is 0 Å². The van der Waals surface area contributed by atoms with Crippen LogP contribution >= 0.6 is 12.4 Å². The summed E-state index contributed by atoms with van der Waals surface area (Å²) >= 11 is 0. The molecule has 0 saturated heterocycles. The standard InChI is InChI=1S/C32H29FN4O3.ClH/c33-27-11-5-4-10-24(27)20-35-30(38)18-26-31(39)36(21-23-8-2-1-3-9-23)28-12-6-7-13-29(28)37(32(26)40)25-16-14-22(19-34)15-17-25;/h1-17,26H,18-21,34H2,(H,35,38);1H. The Balaban J connectivity index is 0.00000387. The van der Waals surface area contributed by atoms with E-state index in [0.29, 0.717) is 29.2 Å². The second kappa shape index (κ2) is 13.2. The number of hydrogen-bond donors (Lipinski definition) is 2. The van der Waals surface area contributed by atoms with E-state index < -0.39 is 29.5 Å². The molecule has 1 atom stereocenters. The molecule has 3 N–H and O–H groups in total. The van der Waals surface area contributed by atoms with Gasteiger partial charge < -0.3 is 16.0 Å². The average Bonchev–Trinajstić information content (AvgIpc) is 3.06. The number of nitrogens with zero attached hydrogens (tertiary/aromatic N) is 2. The van der Waals surface area contributed by atoms with Gasteiger partial charge in [0.15, 0.2) is 0 Å². The Morgan fingerprint density at radius 1 is 0.780 bits per heavy atom. The number of halogens is 2. The molecule has 1 unspecified atom stereocenters. The summed E-state index contributed by atoms with van der Waals surface area (Å²) in [6.45, 7) is 0.509. The molecular formula is C32H30ClFN4O3. The first-order chi connectivity index (χ1) is 19.5. The summed E-state index contributed by atoms with van der Waals surface area (Å²) in [6.07, 6.45) is -0.386. The maximum absolute atomic E-state index is 14.1. The predicted octanol–water partition coefficient (Wildman–Crippen LogP) is 5.24. The van der Waals surface area contributed by atoms with Crippen LogP contribution in [0.15, 0.2) is 103 Å². The van der Waals surface area contributed by atoms with E-state index in [1.54, 1.807) is 53.4 Å². The smallest absolute Gasteiger partial charge is 0.244 e. The molecule has 9 heteroatoms. The lowest BCUT2D eigenvalue weighted by atomic mass is 10.0. The maximum atomic E-state index is 14.1. The zero-order valence-corrected chi connectivity index (χ0v) is 23.0. The molecule has 0 bridgehead atoms. The van der Waals surface area contributed by atoms with Gasteiger partial charge in [0.2, 0.25) is 17.7 Å². The van der Waals surface area contributed by atoms with Gasteiger partial charge in [-0.25, -0.2) is 4.39 Å². The minimum absolute atomic E-state index is 0. The molecule has 7 nitrogen and oxygen atoms in total. The fourth-order valence-corrected chi connectivity index (χ4v) is 4.81. The Morgan fingerprint density at radius 3 is 2.10 bits per heavy atom. The minimum Gasteiger partial charge on any atom is -0.352 e. The maximum Gasteiger partial charge on any atom is 0.244 e. The molecule has 1 aliphatic rings. The summed E-state index contributed by atoms with van der Waals surface area (Å²) in [4.78, 5) is 44.4. The second-order valence-electron chi connectivity index (χ2n) is 9.57. The lowest BCUT2D eigenvalue weighted by Crippen LogP contribution is -2.43. The van der Waals surface area contributed by atoms with Crippen molar-refractivity contribution in [1.29, 1.82) is 0 Å². The highest BCUT2D eigenvalue weighted by molar-refractivity contribution is 6.21. The van der Waals surface area contributed by atoms with Crippen molar-refractivity contribution in [1.82, 2.24) is 5.32 Å². The molecule has 1 aliphatic heterocycles. The molecule has 210 valence electrons. The Kier molecular flexibility index (Phi) is 9.49. The third-order valence-electron chi connectivity index (χ3n) is 6.93. The monoisotopic (exact) mass is 572 g/mol. The van der Waals surface area contributed by atoms with Crippen LogP contribution in [-0.2, 0) is 34.0 Å². The van der Waals surface area contributed by atoms with Gasteiger partial charge in [0.25, 0.3) is 0 Å². The van der Waals surface area contributed by atoms with E-state index in [0.717, 1.165) is 11.1 Å². The van der Waals surface area contributed by atoms with Crippen molar-refractivity contribution in [3.05, 3.63) is 126 Å². The van der Waals surface area contributed by atoms with Crippen molar-refractivity contribution in [2.45, 2.75) is 26.1 Å². The molecule has 3 amide bonds. The average molecular weight is 573 g/mol. The number of hydrogen-bond acceptors (Lipinski definition) is 4. The van der Waals surface area contributed by atoms with Crippen molar-refractivity contribution in [2.24, 2.45) is 11.7 Å². The Bertz CT molecular complexity index is 1530. The zero-order valence-electron chi connectivity index (χ0n) is 22.2. The molecule has 4 aromatic rings. The van der Waals surface area contributed by atoms with E-state index >= 15 is 0 Å². The van der Waals surface area contributed by atoms with E-state index in [1.165, 1.54) is 11.0 Å². The van der Waals surface area contributed by atoms with Crippen molar-refractivity contribution < 1.29 is 18.8 Å². The highest BCUT2D eigenvalue weighted by atomic mass is 35.5. The molecule has 0 spiro atoms. The van der Waals surface area contributed by atoms with E-state index in [2.05, 4.69) is 5.32 Å². The molecule has 0 saturated carbocycles. The van der Waals surface area contributed by atoms with Gasteiger partial charge in [-0.1, -0.05) is 72.8 Å². The minimum atomic E-state index is -1.30. The van der Waals surface area contributed by atoms with Gasteiger partial charge in [-0.05, 0) is 41.5 Å². The summed E-state index contributed by atoms with van der Waals surface area (Å²) in [5.41, 5.74) is 9.51. The lowest BCUT2D eigenvalue weighted by molar-refractivity contribution is -0.136. The van der Waals surface area contributed by atoms with Gasteiger partial charge in [-0.15, -0.1) is 12.4 Å². The number of nitrogens with two attached hydrogens (primary N) is 1. The summed E-state index contributed by atoms with van der Waals surface area (Å²) in [7, 11) is 0. The largest absolute Gasteiger partial charge is 0.352 e. The highest BCUT2D eigenvalue weighted by Gasteiger charge is 2.42. The topological polar surface area (TPSA) is 95.7 Å². The fourth-order valence-electron chi connectivity index (χ4n) is 4.81. The number of anilines is 3. The van der Waals surface area contributed by atoms with Crippen LogP contribution in [-0.4, -0.2) is 17.7 Å². The van der Waals surface area contributed by atoms with Crippen molar-refractivity contribution in [3.63, 3.8) is 0 Å². The van der Waals surface area contributed by atoms with Gasteiger partial charge in [0.1, 0.15) is 11.7 Å². The van der Waals surface area contributed by atoms with Crippen LogP contribution in [0.25, 0.3) is 0 Å². The van der Waals surface area contributed by atoms with E-state index in [1.807, 2.05) is 48.5 Å². The summed E-state index contributed by atoms with van der Waals surface area (Å²) in [5, 5.41) is 2.67. The van der Waals surface area contributed by atoms with Crippen LogP contribution < -0.4 is 20.9 Å². The number of para-hydroxylation sites is 2. The van der Waals surface area contributed by atoms with E-state index in [-0.39, 0.29) is 31.9 Å². The second-order valence-corrected chi connectivity index (χ2v) is 9.57. The van der Waals surface area contributed by atoms with Crippen LogP contribution in [0.5, 0.6) is 0 Å². The lowest BCUT2D eigenvalue weighted by Gasteiger charge is -2.25. The highest BCUT2D eigenvalue weighted by Crippen LogP contribution is 2.40. The first-order valence-corrected chi connectivity index (χ1v) is 13.0. The summed E-state index contributed by atoms with van der Waals surface area (Å²) in [6, 6.07) is 30.0. The number of benzene rings is 4. The van der Waals surface area contributed by atoms with Crippen LogP contribution in [0.1, 0.15) is 23.1 Å². The van der Waals surface area contributed by atoms with Gasteiger partial charge in [0.05, 0.1) is 17.9 Å². The Hall–Kier alpha value is -4.53. The Labute approximate surface area is 244 Å². The molecule has 5 rings (SSSR count). The number of carbonyl (C=O) groups is 3. The summed E-state index contributed by atoms with van der Waals surface area (Å²) in [5.74, 6) is -3.27. The van der Waals surface area contributed by atoms with Crippen LogP contribution in [0, 0.1) is 11.7 Å². The van der Waals surface area contributed by atoms with E-state index in [9.17, 15) is 18.8 Å². The number of amides is 3. The fraction of sp³-hybridized carbons (Fsp3) is 0.156. The summed E-state index contributed by atoms with van der Waals surface area (Å²) < 4.78 is 14.1. The first-order valence-electron chi connectivity index (χ1n) is 13.0. The normalized spacial score (nSPS) is 14.6. The number of rotatable bonds is 8. The molecule has 0 aliphatic carbocycles. The molecule has 1 heterocycles. The molecule has 0 aromatic heterocycles. The number of fused-ring (bicyclic) bond motifs is 1. The predicted molar refractivity (Wildman–Crippen MR) is 159 cm³/mol. The number of nitrogens with one attached hydrogen (secondary N) is 1. The van der Waals surface area contributed by atoms with Crippen molar-refractivity contribution in [3.8, 4) is 0 Å². The van der Waals surface area contributed by atoms with Crippen LogP contribution in [0.2, 0.25) is 0 Å². The van der Waals surface area contributed by atoms with Crippen molar-refractivity contribution >= 4 is 47.2 Å². The first kappa shape index (κ1) is 29.5. The van der Waals surface area contributed by atoms with Crippen LogP contribution in [0.4, 0.5) is 21.5 Å². The van der Waals surface area contributed by atoms with Gasteiger partial charge >= 0.3 is 0 Å². The molecule has 0 fully saturated rings. The van der Waals surface area contributed by atoms with Gasteiger partial charge in [0, 0.05) is 30.8 Å². The molecule has 4 aromatic carbocycles. The van der Waals surface area contributed by atoms with Crippen molar-refractivity contribution in [2.75, 3.05) is 9.80 Å². The van der Waals surface area contributed by atoms with Gasteiger partial charge in [-0.2, -0.15) is 0 Å². The quantitative estimate of drug-likeness (QED) is 0.282. The molecular weight excluding hydrogens is 543 g/mol. The number of carbonyl (C=O) groups excluding carboxylic acids is 3. The molecule has 0 radical (unpaired) electrons.